The van der Waals surface area contributed by atoms with Gasteiger partial charge >= 0.3 is 0 Å². The van der Waals surface area contributed by atoms with Gasteiger partial charge in [-0.3, -0.25) is 0 Å². The van der Waals surface area contributed by atoms with E-state index < -0.39 is 10.0 Å². The molecule has 2 aromatic rings. The van der Waals surface area contributed by atoms with E-state index in [0.717, 1.165) is 10.4 Å². The van der Waals surface area contributed by atoms with E-state index in [2.05, 4.69) is 4.72 Å². The molecule has 0 atom stereocenters. The van der Waals surface area contributed by atoms with E-state index in [1.165, 1.54) is 23.5 Å². The van der Waals surface area contributed by atoms with E-state index in [0.29, 0.717) is 17.3 Å². The van der Waals surface area contributed by atoms with Crippen LogP contribution in [0.3, 0.4) is 0 Å². The molecule has 0 saturated heterocycles. The molecular formula is C14H13ClN2O2S2. The van der Waals surface area contributed by atoms with Crippen molar-refractivity contribution < 1.29 is 8.42 Å². The van der Waals surface area contributed by atoms with Crippen molar-refractivity contribution in [3.8, 4) is 6.07 Å². The third-order valence-electron chi connectivity index (χ3n) is 2.81. The van der Waals surface area contributed by atoms with E-state index in [1.807, 2.05) is 12.1 Å². The molecule has 0 aliphatic heterocycles. The van der Waals surface area contributed by atoms with E-state index >= 15 is 0 Å². The topological polar surface area (TPSA) is 70.0 Å². The summed E-state index contributed by atoms with van der Waals surface area (Å²) < 4.78 is 27.4. The second kappa shape index (κ2) is 7.05. The van der Waals surface area contributed by atoms with Gasteiger partial charge < -0.3 is 0 Å². The van der Waals surface area contributed by atoms with Gasteiger partial charge in [-0.15, -0.1) is 11.3 Å². The average Bonchev–Trinajstić information content (AvgIpc) is 2.85. The highest BCUT2D eigenvalue weighted by Crippen LogP contribution is 2.21. The number of benzene rings is 1. The van der Waals surface area contributed by atoms with Gasteiger partial charge in [-0.2, -0.15) is 5.26 Å². The summed E-state index contributed by atoms with van der Waals surface area (Å²) in [6.07, 6.45) is 0.871. The summed E-state index contributed by atoms with van der Waals surface area (Å²) in [4.78, 5) is 1.24. The van der Waals surface area contributed by atoms with Crippen LogP contribution in [0.15, 0.2) is 41.3 Å². The Kier molecular flexibility index (Phi) is 5.37. The monoisotopic (exact) mass is 340 g/mol. The van der Waals surface area contributed by atoms with Gasteiger partial charge in [0.1, 0.15) is 0 Å². The smallest absolute Gasteiger partial charge is 0.211 e. The number of nitrogens with one attached hydrogen (secondary N) is 1. The molecule has 0 saturated carbocycles. The zero-order valence-corrected chi connectivity index (χ0v) is 13.4. The summed E-state index contributed by atoms with van der Waals surface area (Å²) in [5.74, 6) is 0. The molecule has 0 aliphatic rings. The van der Waals surface area contributed by atoms with E-state index in [9.17, 15) is 8.42 Å². The first-order valence-corrected chi connectivity index (χ1v) is 8.89. The molecule has 0 unspecified atom stereocenters. The lowest BCUT2D eigenvalue weighted by molar-refractivity contribution is 0.582. The molecule has 1 heterocycles. The fraction of sp³-hybridized carbons (Fsp3) is 0.214. The van der Waals surface area contributed by atoms with Gasteiger partial charge in [0, 0.05) is 11.4 Å². The van der Waals surface area contributed by atoms with Crippen LogP contribution in [-0.4, -0.2) is 15.0 Å². The van der Waals surface area contributed by atoms with Crippen molar-refractivity contribution in [1.29, 1.82) is 5.26 Å². The van der Waals surface area contributed by atoms with Crippen LogP contribution in [0, 0.1) is 11.3 Å². The lowest BCUT2D eigenvalue weighted by atomic mass is 10.2. The SMILES string of the molecule is N#CCc1ccc(S(=O)(=O)NCCc2ccc(Cl)s2)cc1. The van der Waals surface area contributed by atoms with Gasteiger partial charge in [-0.05, 0) is 36.2 Å². The van der Waals surface area contributed by atoms with Gasteiger partial charge in [0.25, 0.3) is 0 Å². The maximum absolute atomic E-state index is 12.1. The zero-order chi connectivity index (χ0) is 15.3. The first-order chi connectivity index (χ1) is 10.0. The van der Waals surface area contributed by atoms with Crippen LogP contribution in [0.1, 0.15) is 10.4 Å². The van der Waals surface area contributed by atoms with Crippen molar-refractivity contribution in [1.82, 2.24) is 4.72 Å². The Balaban J connectivity index is 1.96. The van der Waals surface area contributed by atoms with Crippen LogP contribution >= 0.6 is 22.9 Å². The maximum Gasteiger partial charge on any atom is 0.240 e. The summed E-state index contributed by atoms with van der Waals surface area (Å²) in [6.45, 7) is 0.319. The fourth-order valence-electron chi connectivity index (χ4n) is 1.76. The number of nitrogens with zero attached hydrogens (tertiary/aromatic N) is 1. The number of halogens is 1. The quantitative estimate of drug-likeness (QED) is 0.878. The molecule has 0 bridgehead atoms. The molecule has 0 spiro atoms. The standard InChI is InChI=1S/C14H13ClN2O2S2/c15-14-6-3-12(20-14)8-10-17-21(18,19)13-4-1-11(2-5-13)7-9-16/h1-6,17H,7-8,10H2. The van der Waals surface area contributed by atoms with Crippen molar-refractivity contribution in [3.63, 3.8) is 0 Å². The lowest BCUT2D eigenvalue weighted by Gasteiger charge is -2.06. The second-order valence-electron chi connectivity index (χ2n) is 4.33. The second-order valence-corrected chi connectivity index (χ2v) is 7.90. The number of rotatable bonds is 6. The highest BCUT2D eigenvalue weighted by molar-refractivity contribution is 7.89. The Bertz CT molecular complexity index is 746. The third-order valence-corrected chi connectivity index (χ3v) is 5.58. The normalized spacial score (nSPS) is 11.2. The molecule has 0 amide bonds. The van der Waals surface area contributed by atoms with Crippen LogP contribution in [0.2, 0.25) is 4.34 Å². The minimum atomic E-state index is -3.52. The predicted octanol–water partition coefficient (Wildman–Crippen LogP) is 2.99. The van der Waals surface area contributed by atoms with Crippen LogP contribution in [-0.2, 0) is 22.9 Å². The molecule has 21 heavy (non-hydrogen) atoms. The molecule has 1 aromatic heterocycles. The first kappa shape index (κ1) is 16.0. The minimum absolute atomic E-state index is 0.202. The van der Waals surface area contributed by atoms with E-state index in [4.69, 9.17) is 16.9 Å². The Hall–Kier alpha value is -1.39. The summed E-state index contributed by atoms with van der Waals surface area (Å²) in [5.41, 5.74) is 0.796. The Labute approximate surface area is 133 Å². The number of hydrogen-bond donors (Lipinski definition) is 1. The van der Waals surface area contributed by atoms with E-state index in [1.54, 1.807) is 18.2 Å². The Morgan fingerprint density at radius 3 is 2.48 bits per heavy atom. The van der Waals surface area contributed by atoms with Crippen molar-refractivity contribution in [2.24, 2.45) is 0 Å². The van der Waals surface area contributed by atoms with Crippen LogP contribution in [0.5, 0.6) is 0 Å². The largest absolute Gasteiger partial charge is 0.240 e. The van der Waals surface area contributed by atoms with Gasteiger partial charge in [0.15, 0.2) is 0 Å². The van der Waals surface area contributed by atoms with Crippen molar-refractivity contribution >= 4 is 33.0 Å². The van der Waals surface area contributed by atoms with Crippen LogP contribution < -0.4 is 4.72 Å². The highest BCUT2D eigenvalue weighted by atomic mass is 35.5. The van der Waals surface area contributed by atoms with Crippen molar-refractivity contribution in [2.45, 2.75) is 17.7 Å². The minimum Gasteiger partial charge on any atom is -0.211 e. The summed E-state index contributed by atoms with van der Waals surface area (Å²) >= 11 is 7.26. The first-order valence-electron chi connectivity index (χ1n) is 6.21. The van der Waals surface area contributed by atoms with Gasteiger partial charge in [-0.1, -0.05) is 23.7 Å². The van der Waals surface area contributed by atoms with Crippen molar-refractivity contribution in [3.05, 3.63) is 51.2 Å². The number of thiophene rings is 1. The average molecular weight is 341 g/mol. The molecule has 110 valence electrons. The predicted molar refractivity (Wildman–Crippen MR) is 84.0 cm³/mol. The molecule has 4 nitrogen and oxygen atoms in total. The fourth-order valence-corrected chi connectivity index (χ4v) is 3.87. The Morgan fingerprint density at radius 1 is 1.19 bits per heavy atom. The molecule has 2 rings (SSSR count). The number of nitriles is 1. The molecule has 1 N–H and O–H groups in total. The maximum atomic E-state index is 12.1. The Morgan fingerprint density at radius 2 is 1.90 bits per heavy atom. The third kappa shape index (κ3) is 4.55. The van der Waals surface area contributed by atoms with Crippen LogP contribution in [0.4, 0.5) is 0 Å². The molecule has 0 aliphatic carbocycles. The molecule has 0 radical (unpaired) electrons. The van der Waals surface area contributed by atoms with Crippen molar-refractivity contribution in [2.75, 3.05) is 6.54 Å². The lowest BCUT2D eigenvalue weighted by Crippen LogP contribution is -2.25. The molecule has 0 fully saturated rings. The van der Waals surface area contributed by atoms with Gasteiger partial charge in [-0.25, -0.2) is 13.1 Å². The highest BCUT2D eigenvalue weighted by Gasteiger charge is 2.13. The van der Waals surface area contributed by atoms with Crippen LogP contribution in [0.25, 0.3) is 0 Å². The van der Waals surface area contributed by atoms with E-state index in [-0.39, 0.29) is 11.3 Å². The molecule has 7 heteroatoms. The summed E-state index contributed by atoms with van der Waals surface area (Å²) in [5, 5.41) is 8.59. The molecular weight excluding hydrogens is 328 g/mol. The van der Waals surface area contributed by atoms with Gasteiger partial charge in [0.05, 0.1) is 21.7 Å². The number of sulfonamides is 1. The number of hydrogen-bond acceptors (Lipinski definition) is 4. The van der Waals surface area contributed by atoms with Gasteiger partial charge in [0.2, 0.25) is 10.0 Å². The summed E-state index contributed by atoms with van der Waals surface area (Å²) in [6, 6.07) is 12.0. The molecule has 1 aromatic carbocycles. The zero-order valence-electron chi connectivity index (χ0n) is 11.0. The summed E-state index contributed by atoms with van der Waals surface area (Å²) in [7, 11) is -3.52.